The van der Waals surface area contributed by atoms with E-state index in [1.165, 1.54) is 43.3 Å². The summed E-state index contributed by atoms with van der Waals surface area (Å²) in [5.41, 5.74) is 0.819. The highest BCUT2D eigenvalue weighted by molar-refractivity contribution is 7.92. The first-order valence-corrected chi connectivity index (χ1v) is 14.0. The van der Waals surface area contributed by atoms with Gasteiger partial charge in [-0.2, -0.15) is 0 Å². The van der Waals surface area contributed by atoms with Crippen molar-refractivity contribution >= 4 is 50.7 Å². The normalized spacial score (nSPS) is 11.9. The van der Waals surface area contributed by atoms with Gasteiger partial charge >= 0.3 is 0 Å². The molecule has 3 rings (SSSR count). The molecule has 0 fully saturated rings. The van der Waals surface area contributed by atoms with Gasteiger partial charge in [0.1, 0.15) is 18.3 Å². The molecule has 2 amide bonds. The number of hydrogen-bond acceptors (Lipinski definition) is 5. The van der Waals surface area contributed by atoms with Crippen LogP contribution in [0.5, 0.6) is 5.75 Å². The maximum Gasteiger partial charge on any atom is 0.264 e. The highest BCUT2D eigenvalue weighted by Gasteiger charge is 2.34. The van der Waals surface area contributed by atoms with Crippen LogP contribution < -0.4 is 14.4 Å². The Morgan fingerprint density at radius 1 is 0.974 bits per heavy atom. The van der Waals surface area contributed by atoms with E-state index in [0.29, 0.717) is 11.4 Å². The Morgan fingerprint density at radius 2 is 1.61 bits per heavy atom. The van der Waals surface area contributed by atoms with Gasteiger partial charge < -0.3 is 15.0 Å². The Kier molecular flexibility index (Phi) is 10.0. The van der Waals surface area contributed by atoms with Crippen molar-refractivity contribution in [2.75, 3.05) is 25.0 Å². The molecule has 0 heterocycles. The minimum absolute atomic E-state index is 0.0163. The number of likely N-dealkylation sites (N-methyl/N-ethyl adjacent to an activating group) is 1. The number of methoxy groups -OCH3 is 1. The molecule has 0 spiro atoms. The van der Waals surface area contributed by atoms with Crippen LogP contribution in [0.4, 0.5) is 5.69 Å². The SMILES string of the molecule is CC[C@H](C(=O)NC)N(Cc1ccc(Cl)cc1)C(=O)CN(c1cc(Cl)ccc1OC)S(=O)(=O)c1ccccc1. The molecule has 202 valence electrons. The first kappa shape index (κ1) is 29.3. The average Bonchev–Trinajstić information content (AvgIpc) is 2.92. The number of carbonyl (C=O) groups excluding carboxylic acids is 2. The lowest BCUT2D eigenvalue weighted by Crippen LogP contribution is -2.51. The van der Waals surface area contributed by atoms with Crippen LogP contribution in [0.1, 0.15) is 18.9 Å². The van der Waals surface area contributed by atoms with Gasteiger partial charge in [-0.05, 0) is 54.4 Å². The number of sulfonamides is 1. The molecular weight excluding hydrogens is 549 g/mol. The van der Waals surface area contributed by atoms with Crippen molar-refractivity contribution in [2.24, 2.45) is 0 Å². The molecular formula is C27H29Cl2N3O5S. The van der Waals surface area contributed by atoms with Crippen LogP contribution in [0.2, 0.25) is 10.0 Å². The molecule has 0 saturated heterocycles. The summed E-state index contributed by atoms with van der Waals surface area (Å²) >= 11 is 12.2. The molecule has 0 bridgehead atoms. The molecule has 0 unspecified atom stereocenters. The second-order valence-corrected chi connectivity index (χ2v) is 11.1. The lowest BCUT2D eigenvalue weighted by atomic mass is 10.1. The first-order chi connectivity index (χ1) is 18.1. The third-order valence-corrected chi connectivity index (χ3v) is 8.18. The fourth-order valence-electron chi connectivity index (χ4n) is 3.96. The largest absolute Gasteiger partial charge is 0.495 e. The van der Waals surface area contributed by atoms with Crippen molar-refractivity contribution in [3.05, 3.63) is 88.4 Å². The molecule has 0 aliphatic rings. The van der Waals surface area contributed by atoms with E-state index < -0.39 is 28.5 Å². The molecule has 11 heteroatoms. The molecule has 0 aliphatic carbocycles. The fourth-order valence-corrected chi connectivity index (χ4v) is 5.69. The summed E-state index contributed by atoms with van der Waals surface area (Å²) in [5.74, 6) is -0.742. The molecule has 8 nitrogen and oxygen atoms in total. The van der Waals surface area contributed by atoms with Crippen LogP contribution in [0.15, 0.2) is 77.7 Å². The number of nitrogens with one attached hydrogen (secondary N) is 1. The van der Waals surface area contributed by atoms with Crippen LogP contribution in [-0.2, 0) is 26.2 Å². The minimum Gasteiger partial charge on any atom is -0.495 e. The van der Waals surface area contributed by atoms with Crippen LogP contribution in [0.3, 0.4) is 0 Å². The molecule has 0 aliphatic heterocycles. The van der Waals surface area contributed by atoms with Gasteiger partial charge in [0, 0.05) is 23.6 Å². The zero-order chi connectivity index (χ0) is 27.9. The maximum atomic E-state index is 13.9. The van der Waals surface area contributed by atoms with Gasteiger partial charge in [-0.15, -0.1) is 0 Å². The second-order valence-electron chi connectivity index (χ2n) is 8.33. The van der Waals surface area contributed by atoms with Gasteiger partial charge in [-0.1, -0.05) is 60.5 Å². The number of hydrogen-bond donors (Lipinski definition) is 1. The number of amides is 2. The van der Waals surface area contributed by atoms with E-state index in [0.717, 1.165) is 9.87 Å². The van der Waals surface area contributed by atoms with Gasteiger partial charge in [-0.3, -0.25) is 13.9 Å². The number of ether oxygens (including phenoxy) is 1. The number of benzene rings is 3. The number of nitrogens with zero attached hydrogens (tertiary/aromatic N) is 2. The van der Waals surface area contributed by atoms with Crippen molar-refractivity contribution in [3.63, 3.8) is 0 Å². The van der Waals surface area contributed by atoms with E-state index in [1.54, 1.807) is 55.5 Å². The van der Waals surface area contributed by atoms with Crippen molar-refractivity contribution < 1.29 is 22.7 Å². The van der Waals surface area contributed by atoms with Crippen molar-refractivity contribution in [1.29, 1.82) is 0 Å². The summed E-state index contributed by atoms with van der Waals surface area (Å²) in [6.07, 6.45) is 0.310. The third kappa shape index (κ3) is 6.78. The molecule has 1 atom stereocenters. The van der Waals surface area contributed by atoms with Crippen LogP contribution in [0.25, 0.3) is 0 Å². The molecule has 0 aromatic heterocycles. The number of carbonyl (C=O) groups is 2. The second kappa shape index (κ2) is 13.0. The zero-order valence-corrected chi connectivity index (χ0v) is 23.6. The average molecular weight is 579 g/mol. The summed E-state index contributed by atoms with van der Waals surface area (Å²) < 4.78 is 34.1. The van der Waals surface area contributed by atoms with E-state index in [9.17, 15) is 18.0 Å². The van der Waals surface area contributed by atoms with Crippen LogP contribution >= 0.6 is 23.2 Å². The molecule has 0 saturated carbocycles. The van der Waals surface area contributed by atoms with E-state index in [-0.39, 0.29) is 33.8 Å². The Morgan fingerprint density at radius 3 is 2.18 bits per heavy atom. The maximum absolute atomic E-state index is 13.9. The highest BCUT2D eigenvalue weighted by Crippen LogP contribution is 2.35. The summed E-state index contributed by atoms with van der Waals surface area (Å²) in [4.78, 5) is 28.0. The van der Waals surface area contributed by atoms with Gasteiger partial charge in [0.05, 0.1) is 17.7 Å². The Bertz CT molecular complexity index is 1370. The van der Waals surface area contributed by atoms with Crippen LogP contribution in [0, 0.1) is 0 Å². The van der Waals surface area contributed by atoms with E-state index in [1.807, 2.05) is 0 Å². The van der Waals surface area contributed by atoms with Gasteiger partial charge in [-0.25, -0.2) is 8.42 Å². The summed E-state index contributed by atoms with van der Waals surface area (Å²) in [6.45, 7) is 1.24. The zero-order valence-electron chi connectivity index (χ0n) is 21.2. The van der Waals surface area contributed by atoms with Crippen molar-refractivity contribution in [2.45, 2.75) is 30.8 Å². The Labute approximate surface area is 233 Å². The highest BCUT2D eigenvalue weighted by atomic mass is 35.5. The number of rotatable bonds is 11. The van der Waals surface area contributed by atoms with E-state index in [2.05, 4.69) is 5.32 Å². The molecule has 0 radical (unpaired) electrons. The minimum atomic E-state index is -4.24. The molecule has 3 aromatic carbocycles. The predicted molar refractivity (Wildman–Crippen MR) is 149 cm³/mol. The van der Waals surface area contributed by atoms with Crippen molar-refractivity contribution in [3.8, 4) is 5.75 Å². The first-order valence-electron chi connectivity index (χ1n) is 11.8. The van der Waals surface area contributed by atoms with E-state index >= 15 is 0 Å². The summed E-state index contributed by atoms with van der Waals surface area (Å²) in [5, 5.41) is 3.38. The van der Waals surface area contributed by atoms with Gasteiger partial charge in [0.25, 0.3) is 10.0 Å². The molecule has 1 N–H and O–H groups in total. The topological polar surface area (TPSA) is 96.0 Å². The monoisotopic (exact) mass is 577 g/mol. The number of halogens is 2. The molecule has 3 aromatic rings. The Balaban J connectivity index is 2.11. The lowest BCUT2D eigenvalue weighted by Gasteiger charge is -2.33. The molecule has 38 heavy (non-hydrogen) atoms. The predicted octanol–water partition coefficient (Wildman–Crippen LogP) is 4.75. The Hall–Kier alpha value is -3.27. The van der Waals surface area contributed by atoms with Crippen LogP contribution in [-0.4, -0.2) is 51.9 Å². The smallest absolute Gasteiger partial charge is 0.264 e. The standard InChI is InChI=1S/C27H29Cl2N3O5S/c1-4-23(27(34)30-2)31(17-19-10-12-20(28)13-11-19)26(33)18-32(24-16-21(29)14-15-25(24)37-3)38(35,36)22-8-6-5-7-9-22/h5-16,23H,4,17-18H2,1-3H3,(H,30,34)/t23-/m1/s1. The van der Waals surface area contributed by atoms with Gasteiger partial charge in [0.15, 0.2) is 0 Å². The third-order valence-electron chi connectivity index (χ3n) is 5.92. The van der Waals surface area contributed by atoms with E-state index in [4.69, 9.17) is 27.9 Å². The van der Waals surface area contributed by atoms with Gasteiger partial charge in [0.2, 0.25) is 11.8 Å². The van der Waals surface area contributed by atoms with Crippen molar-refractivity contribution in [1.82, 2.24) is 10.2 Å². The lowest BCUT2D eigenvalue weighted by molar-refractivity contribution is -0.140. The summed E-state index contributed by atoms with van der Waals surface area (Å²) in [6, 6.07) is 18.3. The summed E-state index contributed by atoms with van der Waals surface area (Å²) in [7, 11) is -1.36. The quantitative estimate of drug-likeness (QED) is 0.354. The number of anilines is 1. The fraction of sp³-hybridized carbons (Fsp3) is 0.259.